The number of aromatic nitrogens is 4. The molecule has 4 rings (SSSR count). The van der Waals surface area contributed by atoms with Crippen molar-refractivity contribution in [2.45, 2.75) is 65.4 Å². The summed E-state index contributed by atoms with van der Waals surface area (Å²) in [5.74, 6) is 1.26. The zero-order chi connectivity index (χ0) is 22.5. The smallest absolute Gasteiger partial charge is 0.336 e. The van der Waals surface area contributed by atoms with E-state index in [1.165, 1.54) is 24.9 Å². The lowest BCUT2D eigenvalue weighted by Gasteiger charge is -2.31. The van der Waals surface area contributed by atoms with Gasteiger partial charge in [0.2, 0.25) is 0 Å². The van der Waals surface area contributed by atoms with E-state index in [9.17, 15) is 0 Å². The summed E-state index contributed by atoms with van der Waals surface area (Å²) >= 11 is 0. The van der Waals surface area contributed by atoms with Crippen LogP contribution >= 0.6 is 0 Å². The Morgan fingerprint density at radius 2 is 1.97 bits per heavy atom. The van der Waals surface area contributed by atoms with Crippen LogP contribution in [0.1, 0.15) is 64.1 Å². The van der Waals surface area contributed by atoms with Crippen molar-refractivity contribution in [3.05, 3.63) is 35.7 Å². The fourth-order valence-corrected chi connectivity index (χ4v) is 4.04. The normalized spacial score (nSPS) is 14.3. The van der Waals surface area contributed by atoms with Crippen LogP contribution in [0, 0.1) is 0 Å². The van der Waals surface area contributed by atoms with E-state index in [1.54, 1.807) is 10.7 Å². The summed E-state index contributed by atoms with van der Waals surface area (Å²) < 4.78 is 13.6. The lowest BCUT2D eigenvalue weighted by atomic mass is 10.1. The highest BCUT2D eigenvalue weighted by molar-refractivity contribution is 5.62. The van der Waals surface area contributed by atoms with E-state index in [4.69, 9.17) is 15.2 Å². The minimum Gasteiger partial charge on any atom is -0.489 e. The monoisotopic (exact) mass is 438 g/mol. The second kappa shape index (κ2) is 10.1. The molecule has 32 heavy (non-hydrogen) atoms. The van der Waals surface area contributed by atoms with Gasteiger partial charge in [-0.1, -0.05) is 19.4 Å². The number of nitrogens with zero attached hydrogens (tertiary/aromatic N) is 5. The van der Waals surface area contributed by atoms with Crippen LogP contribution in [0.15, 0.2) is 24.4 Å². The molecule has 0 saturated carbocycles. The molecule has 3 heterocycles. The first kappa shape index (κ1) is 22.2. The van der Waals surface area contributed by atoms with Crippen LogP contribution in [-0.4, -0.2) is 45.4 Å². The zero-order valence-corrected chi connectivity index (χ0v) is 19.4. The fourth-order valence-electron chi connectivity index (χ4n) is 4.04. The summed E-state index contributed by atoms with van der Waals surface area (Å²) in [5.41, 5.74) is 9.90. The van der Waals surface area contributed by atoms with Crippen molar-refractivity contribution in [1.82, 2.24) is 19.6 Å². The first-order valence-electron chi connectivity index (χ1n) is 11.7. The average Bonchev–Trinajstić information content (AvgIpc) is 3.17. The molecular weight excluding hydrogens is 404 g/mol. The summed E-state index contributed by atoms with van der Waals surface area (Å²) in [6.07, 6.45) is 8.32. The Balaban J connectivity index is 1.61. The van der Waals surface area contributed by atoms with Crippen molar-refractivity contribution in [2.75, 3.05) is 30.3 Å². The molecule has 8 heteroatoms. The van der Waals surface area contributed by atoms with Gasteiger partial charge in [-0.25, -0.2) is 9.50 Å². The Kier molecular flexibility index (Phi) is 6.97. The molecule has 3 aromatic rings. The number of hydrogen-bond donors (Lipinski definition) is 1. The molecule has 0 unspecified atom stereocenters. The quantitative estimate of drug-likeness (QED) is 0.499. The van der Waals surface area contributed by atoms with E-state index in [2.05, 4.69) is 58.9 Å². The number of imidazole rings is 1. The van der Waals surface area contributed by atoms with Gasteiger partial charge in [0.25, 0.3) is 0 Å². The minimum absolute atomic E-state index is 0.111. The molecule has 1 saturated heterocycles. The average molecular weight is 439 g/mol. The second-order valence-corrected chi connectivity index (χ2v) is 8.66. The number of unbranched alkanes of at least 4 members (excludes halogenated alkanes) is 1. The number of anilines is 2. The van der Waals surface area contributed by atoms with Gasteiger partial charge in [0.1, 0.15) is 5.75 Å². The zero-order valence-electron chi connectivity index (χ0n) is 19.4. The molecule has 1 aliphatic rings. The van der Waals surface area contributed by atoms with Gasteiger partial charge in [0.05, 0.1) is 30.3 Å². The molecule has 0 amide bonds. The lowest BCUT2D eigenvalue weighted by molar-refractivity contribution is 0.242. The summed E-state index contributed by atoms with van der Waals surface area (Å²) in [7, 11) is 0. The summed E-state index contributed by atoms with van der Waals surface area (Å²) in [6.45, 7) is 8.98. The standard InChI is InChI=1S/C24H34N6O2/c1-4-5-13-31-24-27-22(25)23-26-16-19(30(23)28-24)14-18-9-10-20(21(15-18)32-17(2)3)29-11-7-6-8-12-29/h9-10,15-17H,4-8,11-14H2,1-3H3,(H2,25,27,28). The highest BCUT2D eigenvalue weighted by atomic mass is 16.5. The Morgan fingerprint density at radius 3 is 2.72 bits per heavy atom. The van der Waals surface area contributed by atoms with Crippen LogP contribution < -0.4 is 20.1 Å². The highest BCUT2D eigenvalue weighted by Gasteiger charge is 2.18. The van der Waals surface area contributed by atoms with Crippen LogP contribution in [0.3, 0.4) is 0 Å². The number of hydrogen-bond acceptors (Lipinski definition) is 7. The fraction of sp³-hybridized carbons (Fsp3) is 0.542. The van der Waals surface area contributed by atoms with Crippen molar-refractivity contribution >= 4 is 17.2 Å². The summed E-state index contributed by atoms with van der Waals surface area (Å²) in [5, 5.41) is 4.53. The highest BCUT2D eigenvalue weighted by Crippen LogP contribution is 2.33. The van der Waals surface area contributed by atoms with Crippen molar-refractivity contribution in [3.63, 3.8) is 0 Å². The predicted octanol–water partition coefficient (Wildman–Crippen LogP) is 4.25. The summed E-state index contributed by atoms with van der Waals surface area (Å²) in [6, 6.07) is 6.78. The minimum atomic E-state index is 0.111. The maximum atomic E-state index is 6.21. The number of ether oxygens (including phenoxy) is 2. The number of nitrogen functional groups attached to an aromatic ring is 1. The topological polar surface area (TPSA) is 90.8 Å². The maximum absolute atomic E-state index is 6.21. The molecule has 1 aliphatic heterocycles. The molecule has 0 bridgehead atoms. The van der Waals surface area contributed by atoms with Crippen LogP contribution in [-0.2, 0) is 6.42 Å². The molecule has 8 nitrogen and oxygen atoms in total. The van der Waals surface area contributed by atoms with Crippen LogP contribution in [0.4, 0.5) is 11.5 Å². The molecular formula is C24H34N6O2. The van der Waals surface area contributed by atoms with E-state index in [1.807, 2.05) is 0 Å². The number of benzene rings is 1. The Morgan fingerprint density at radius 1 is 1.16 bits per heavy atom. The SMILES string of the molecule is CCCCOc1nc(N)c2ncc(Cc3ccc(N4CCCCC4)c(OC(C)C)c3)n2n1. The van der Waals surface area contributed by atoms with E-state index < -0.39 is 0 Å². The molecule has 2 aromatic heterocycles. The van der Waals surface area contributed by atoms with E-state index in [-0.39, 0.29) is 12.1 Å². The van der Waals surface area contributed by atoms with Gasteiger partial charge in [-0.15, -0.1) is 5.10 Å². The van der Waals surface area contributed by atoms with Gasteiger partial charge in [0.15, 0.2) is 11.5 Å². The van der Waals surface area contributed by atoms with Crippen molar-refractivity contribution in [1.29, 1.82) is 0 Å². The molecule has 2 N–H and O–H groups in total. The van der Waals surface area contributed by atoms with Gasteiger partial charge in [-0.3, -0.25) is 0 Å². The third-order valence-corrected chi connectivity index (χ3v) is 5.64. The number of rotatable bonds is 9. The molecule has 0 radical (unpaired) electrons. The van der Waals surface area contributed by atoms with E-state index in [0.29, 0.717) is 24.5 Å². The van der Waals surface area contributed by atoms with Crippen LogP contribution in [0.2, 0.25) is 0 Å². The largest absolute Gasteiger partial charge is 0.489 e. The first-order chi connectivity index (χ1) is 15.5. The third-order valence-electron chi connectivity index (χ3n) is 5.64. The van der Waals surface area contributed by atoms with Crippen molar-refractivity contribution < 1.29 is 9.47 Å². The predicted molar refractivity (Wildman–Crippen MR) is 127 cm³/mol. The Hall–Kier alpha value is -3.03. The molecule has 0 atom stereocenters. The number of nitrogens with two attached hydrogens (primary N) is 1. The number of piperidine rings is 1. The Bertz CT molecular complexity index is 1040. The Labute approximate surface area is 189 Å². The molecule has 172 valence electrons. The maximum Gasteiger partial charge on any atom is 0.336 e. The lowest BCUT2D eigenvalue weighted by Crippen LogP contribution is -2.30. The molecule has 0 aliphatic carbocycles. The van der Waals surface area contributed by atoms with Crippen molar-refractivity contribution in [3.8, 4) is 11.8 Å². The summed E-state index contributed by atoms with van der Waals surface area (Å²) in [4.78, 5) is 11.1. The first-order valence-corrected chi connectivity index (χ1v) is 11.7. The van der Waals surface area contributed by atoms with Gasteiger partial charge in [0, 0.05) is 19.5 Å². The van der Waals surface area contributed by atoms with E-state index in [0.717, 1.165) is 42.9 Å². The molecule has 1 fully saturated rings. The molecule has 0 spiro atoms. The van der Waals surface area contributed by atoms with Gasteiger partial charge in [-0.05, 0) is 57.2 Å². The van der Waals surface area contributed by atoms with Gasteiger partial charge >= 0.3 is 6.01 Å². The van der Waals surface area contributed by atoms with Gasteiger partial charge < -0.3 is 20.1 Å². The van der Waals surface area contributed by atoms with Gasteiger partial charge in [-0.2, -0.15) is 4.98 Å². The second-order valence-electron chi connectivity index (χ2n) is 8.66. The van der Waals surface area contributed by atoms with Crippen molar-refractivity contribution in [2.24, 2.45) is 0 Å². The molecule has 1 aromatic carbocycles. The number of fused-ring (bicyclic) bond motifs is 1. The van der Waals surface area contributed by atoms with E-state index >= 15 is 0 Å². The third kappa shape index (κ3) is 5.06. The van der Waals surface area contributed by atoms with Crippen LogP contribution in [0.5, 0.6) is 11.8 Å². The van der Waals surface area contributed by atoms with Crippen LogP contribution in [0.25, 0.3) is 5.65 Å².